The summed E-state index contributed by atoms with van der Waals surface area (Å²) in [7, 11) is 0. The van der Waals surface area contributed by atoms with E-state index in [2.05, 4.69) is 4.98 Å². The number of nitrogens with two attached hydrogens (primary N) is 1. The second kappa shape index (κ2) is 3.88. The Kier molecular flexibility index (Phi) is 2.58. The lowest BCUT2D eigenvalue weighted by Gasteiger charge is -2.01. The Hall–Kier alpha value is -1.58. The number of carbonyl (C=O) groups is 1. The smallest absolute Gasteiger partial charge is 0.309 e. The van der Waals surface area contributed by atoms with E-state index < -0.39 is 0 Å². The summed E-state index contributed by atoms with van der Waals surface area (Å²) < 4.78 is 4.95. The second-order valence-corrected chi connectivity index (χ2v) is 3.69. The van der Waals surface area contributed by atoms with Gasteiger partial charge < -0.3 is 10.5 Å². The number of rotatable bonds is 3. The molecule has 2 rings (SSSR count). The molecule has 1 saturated carbocycles. The fraction of sp³-hybridized carbons (Fsp3) is 0.455. The van der Waals surface area contributed by atoms with E-state index in [0.29, 0.717) is 12.4 Å². The van der Waals surface area contributed by atoms with Gasteiger partial charge in [0, 0.05) is 11.6 Å². The summed E-state index contributed by atoms with van der Waals surface area (Å²) in [5.74, 6) is 0.570. The standard InChI is InChI=1S/C11H14N2O2/c1-2-15-11(14)8-6-7(8)9-4-3-5-10(12)13-9/h3-5,7-8H,2,6H2,1H3,(H2,12,13). The first-order valence-corrected chi connectivity index (χ1v) is 5.11. The van der Waals surface area contributed by atoms with Gasteiger partial charge in [0.15, 0.2) is 0 Å². The Labute approximate surface area is 88.4 Å². The van der Waals surface area contributed by atoms with Crippen LogP contribution in [0.1, 0.15) is 25.0 Å². The van der Waals surface area contributed by atoms with Crippen molar-refractivity contribution in [3.63, 3.8) is 0 Å². The Morgan fingerprint density at radius 3 is 3.13 bits per heavy atom. The maximum absolute atomic E-state index is 11.4. The van der Waals surface area contributed by atoms with Gasteiger partial charge in [-0.2, -0.15) is 0 Å². The van der Waals surface area contributed by atoms with Crippen molar-refractivity contribution in [2.45, 2.75) is 19.3 Å². The van der Waals surface area contributed by atoms with Crippen LogP contribution < -0.4 is 5.73 Å². The zero-order chi connectivity index (χ0) is 10.8. The van der Waals surface area contributed by atoms with Crippen LogP contribution in [0.15, 0.2) is 18.2 Å². The van der Waals surface area contributed by atoms with Gasteiger partial charge in [-0.05, 0) is 25.5 Å². The van der Waals surface area contributed by atoms with E-state index >= 15 is 0 Å². The van der Waals surface area contributed by atoms with Crippen molar-refractivity contribution >= 4 is 11.8 Å². The SMILES string of the molecule is CCOC(=O)C1CC1c1cccc(N)n1. The summed E-state index contributed by atoms with van der Waals surface area (Å²) in [4.78, 5) is 15.6. The van der Waals surface area contributed by atoms with Crippen LogP contribution in [0, 0.1) is 5.92 Å². The van der Waals surface area contributed by atoms with Crippen molar-refractivity contribution in [1.82, 2.24) is 4.98 Å². The lowest BCUT2D eigenvalue weighted by atomic mass is 10.2. The Morgan fingerprint density at radius 1 is 1.67 bits per heavy atom. The second-order valence-electron chi connectivity index (χ2n) is 3.69. The molecule has 0 saturated heterocycles. The van der Waals surface area contributed by atoms with E-state index in [1.165, 1.54) is 0 Å². The van der Waals surface area contributed by atoms with E-state index in [0.717, 1.165) is 12.1 Å². The number of ether oxygens (including phenoxy) is 1. The van der Waals surface area contributed by atoms with Gasteiger partial charge in [-0.25, -0.2) is 4.98 Å². The van der Waals surface area contributed by atoms with Crippen molar-refractivity contribution in [2.75, 3.05) is 12.3 Å². The van der Waals surface area contributed by atoms with Gasteiger partial charge in [-0.3, -0.25) is 4.79 Å². The zero-order valence-corrected chi connectivity index (χ0v) is 8.64. The molecule has 15 heavy (non-hydrogen) atoms. The van der Waals surface area contributed by atoms with Crippen LogP contribution in [0.25, 0.3) is 0 Å². The number of esters is 1. The topological polar surface area (TPSA) is 65.2 Å². The van der Waals surface area contributed by atoms with Crippen LogP contribution >= 0.6 is 0 Å². The van der Waals surface area contributed by atoms with Crippen molar-refractivity contribution in [2.24, 2.45) is 5.92 Å². The van der Waals surface area contributed by atoms with Crippen LogP contribution in [0.3, 0.4) is 0 Å². The first-order chi connectivity index (χ1) is 7.22. The molecule has 0 aromatic carbocycles. The number of hydrogen-bond acceptors (Lipinski definition) is 4. The Balaban J connectivity index is 2.01. The third-order valence-corrected chi connectivity index (χ3v) is 2.55. The molecule has 0 amide bonds. The molecule has 0 bridgehead atoms. The van der Waals surface area contributed by atoms with E-state index in [-0.39, 0.29) is 17.8 Å². The molecule has 0 spiro atoms. The molecule has 1 aliphatic rings. The number of hydrogen-bond donors (Lipinski definition) is 1. The third-order valence-electron chi connectivity index (χ3n) is 2.55. The lowest BCUT2D eigenvalue weighted by Crippen LogP contribution is -2.07. The van der Waals surface area contributed by atoms with Gasteiger partial charge in [0.25, 0.3) is 0 Å². The van der Waals surface area contributed by atoms with Crippen LogP contribution in [0.5, 0.6) is 0 Å². The van der Waals surface area contributed by atoms with Gasteiger partial charge in [0.05, 0.1) is 12.5 Å². The van der Waals surface area contributed by atoms with E-state index in [9.17, 15) is 4.79 Å². The maximum atomic E-state index is 11.4. The summed E-state index contributed by atoms with van der Waals surface area (Å²) >= 11 is 0. The summed E-state index contributed by atoms with van der Waals surface area (Å²) in [5, 5.41) is 0. The molecule has 1 fully saturated rings. The minimum absolute atomic E-state index is 0.0146. The molecule has 2 unspecified atom stereocenters. The summed E-state index contributed by atoms with van der Waals surface area (Å²) in [6, 6.07) is 5.50. The predicted molar refractivity (Wildman–Crippen MR) is 56.1 cm³/mol. The summed E-state index contributed by atoms with van der Waals surface area (Å²) in [6.45, 7) is 2.25. The number of anilines is 1. The largest absolute Gasteiger partial charge is 0.466 e. The lowest BCUT2D eigenvalue weighted by molar-refractivity contribution is -0.144. The minimum Gasteiger partial charge on any atom is -0.466 e. The molecule has 2 N–H and O–H groups in total. The van der Waals surface area contributed by atoms with Gasteiger partial charge in [0.2, 0.25) is 0 Å². The maximum Gasteiger partial charge on any atom is 0.309 e. The molecule has 1 aromatic rings. The molecular formula is C11H14N2O2. The first-order valence-electron chi connectivity index (χ1n) is 5.11. The van der Waals surface area contributed by atoms with Crippen molar-refractivity contribution in [3.8, 4) is 0 Å². The van der Waals surface area contributed by atoms with Crippen molar-refractivity contribution in [1.29, 1.82) is 0 Å². The quantitative estimate of drug-likeness (QED) is 0.758. The highest BCUT2D eigenvalue weighted by Crippen LogP contribution is 2.47. The van der Waals surface area contributed by atoms with Crippen LogP contribution in [-0.4, -0.2) is 17.6 Å². The fourth-order valence-electron chi connectivity index (χ4n) is 1.71. The molecule has 0 radical (unpaired) electrons. The highest BCUT2D eigenvalue weighted by atomic mass is 16.5. The first kappa shape index (κ1) is 9.96. The highest BCUT2D eigenvalue weighted by molar-refractivity contribution is 5.77. The molecule has 2 atom stereocenters. The van der Waals surface area contributed by atoms with Crippen LogP contribution in [-0.2, 0) is 9.53 Å². The molecule has 1 aromatic heterocycles. The van der Waals surface area contributed by atoms with Crippen LogP contribution in [0.2, 0.25) is 0 Å². The number of nitrogen functional groups attached to an aromatic ring is 1. The number of aromatic nitrogens is 1. The molecule has 4 nitrogen and oxygen atoms in total. The van der Waals surface area contributed by atoms with Crippen molar-refractivity contribution < 1.29 is 9.53 Å². The summed E-state index contributed by atoms with van der Waals surface area (Å²) in [6.07, 6.45) is 0.829. The average Bonchev–Trinajstić information content (AvgIpc) is 2.97. The highest BCUT2D eigenvalue weighted by Gasteiger charge is 2.46. The number of nitrogens with zero attached hydrogens (tertiary/aromatic N) is 1. The zero-order valence-electron chi connectivity index (χ0n) is 8.64. The minimum atomic E-state index is -0.119. The Morgan fingerprint density at radius 2 is 2.47 bits per heavy atom. The normalized spacial score (nSPS) is 23.5. The van der Waals surface area contributed by atoms with E-state index in [4.69, 9.17) is 10.5 Å². The third kappa shape index (κ3) is 2.09. The Bertz CT molecular complexity index is 379. The van der Waals surface area contributed by atoms with Gasteiger partial charge in [0.1, 0.15) is 5.82 Å². The molecule has 4 heteroatoms. The molecule has 1 aliphatic carbocycles. The molecule has 80 valence electrons. The van der Waals surface area contributed by atoms with Gasteiger partial charge in [-0.1, -0.05) is 6.07 Å². The fourth-order valence-corrected chi connectivity index (χ4v) is 1.71. The van der Waals surface area contributed by atoms with E-state index in [1.807, 2.05) is 19.1 Å². The van der Waals surface area contributed by atoms with E-state index in [1.54, 1.807) is 6.07 Å². The molecular weight excluding hydrogens is 192 g/mol. The number of carbonyl (C=O) groups excluding carboxylic acids is 1. The van der Waals surface area contributed by atoms with Crippen molar-refractivity contribution in [3.05, 3.63) is 23.9 Å². The molecule has 0 aliphatic heterocycles. The van der Waals surface area contributed by atoms with Gasteiger partial charge in [-0.15, -0.1) is 0 Å². The van der Waals surface area contributed by atoms with Gasteiger partial charge >= 0.3 is 5.97 Å². The molecule has 1 heterocycles. The van der Waals surface area contributed by atoms with Crippen LogP contribution in [0.4, 0.5) is 5.82 Å². The monoisotopic (exact) mass is 206 g/mol. The average molecular weight is 206 g/mol. The predicted octanol–water partition coefficient (Wildman–Crippen LogP) is 1.33. The summed E-state index contributed by atoms with van der Waals surface area (Å²) in [5.41, 5.74) is 6.47. The number of pyridine rings is 1.